The fourth-order valence-corrected chi connectivity index (χ4v) is 2.55. The van der Waals surface area contributed by atoms with Crippen molar-refractivity contribution in [1.82, 2.24) is 9.80 Å². The average Bonchev–Trinajstić information content (AvgIpc) is 2.25. The van der Waals surface area contributed by atoms with E-state index in [1.807, 2.05) is 11.8 Å². The molecule has 0 aliphatic carbocycles. The lowest BCUT2D eigenvalue weighted by atomic mass is 9.93. The van der Waals surface area contributed by atoms with Gasteiger partial charge in [-0.3, -0.25) is 14.5 Å². The van der Waals surface area contributed by atoms with E-state index in [1.165, 1.54) is 0 Å². The molecule has 0 saturated carbocycles. The van der Waals surface area contributed by atoms with Crippen LogP contribution in [-0.4, -0.2) is 59.0 Å². The van der Waals surface area contributed by atoms with Gasteiger partial charge in [0.25, 0.3) is 0 Å². The van der Waals surface area contributed by atoms with Crippen LogP contribution in [0.1, 0.15) is 40.5 Å². The van der Waals surface area contributed by atoms with Crippen LogP contribution < -0.4 is 0 Å². The van der Waals surface area contributed by atoms with Gasteiger partial charge < -0.3 is 10.0 Å². The van der Waals surface area contributed by atoms with Crippen molar-refractivity contribution < 1.29 is 14.7 Å². The van der Waals surface area contributed by atoms with Crippen LogP contribution in [0.4, 0.5) is 0 Å². The van der Waals surface area contributed by atoms with Gasteiger partial charge in [0.2, 0.25) is 5.91 Å². The molecule has 0 aromatic rings. The van der Waals surface area contributed by atoms with Crippen LogP contribution in [0, 0.1) is 5.41 Å². The quantitative estimate of drug-likeness (QED) is 0.821. The van der Waals surface area contributed by atoms with Crippen molar-refractivity contribution in [1.29, 1.82) is 0 Å². The lowest BCUT2D eigenvalue weighted by molar-refractivity contribution is -0.150. The van der Waals surface area contributed by atoms with Crippen molar-refractivity contribution >= 4 is 11.9 Å². The number of rotatable bonds is 5. The van der Waals surface area contributed by atoms with Gasteiger partial charge in [-0.2, -0.15) is 0 Å². The number of carboxylic acids is 1. The summed E-state index contributed by atoms with van der Waals surface area (Å²) in [6, 6.07) is -0.503. The summed E-state index contributed by atoms with van der Waals surface area (Å²) in [6.45, 7) is 11.3. The Labute approximate surface area is 115 Å². The highest BCUT2D eigenvalue weighted by atomic mass is 16.4. The second-order valence-corrected chi connectivity index (χ2v) is 6.47. The lowest BCUT2D eigenvalue weighted by Gasteiger charge is -2.42. The number of hydrogen-bond acceptors (Lipinski definition) is 3. The third kappa shape index (κ3) is 4.82. The molecule has 1 aliphatic rings. The van der Waals surface area contributed by atoms with Crippen LogP contribution >= 0.6 is 0 Å². The maximum absolute atomic E-state index is 12.4. The molecular formula is C14H26N2O3. The minimum Gasteiger partial charge on any atom is -0.481 e. The topological polar surface area (TPSA) is 60.9 Å². The molecule has 5 nitrogen and oxygen atoms in total. The first-order valence-electron chi connectivity index (χ1n) is 6.99. The number of carboxylic acid groups (broad SMARTS) is 1. The molecule has 0 aromatic heterocycles. The van der Waals surface area contributed by atoms with E-state index in [0.29, 0.717) is 6.54 Å². The van der Waals surface area contributed by atoms with Crippen LogP contribution in [0.25, 0.3) is 0 Å². The van der Waals surface area contributed by atoms with E-state index < -0.39 is 12.0 Å². The van der Waals surface area contributed by atoms with Crippen LogP contribution in [0.5, 0.6) is 0 Å². The lowest BCUT2D eigenvalue weighted by Crippen LogP contribution is -2.59. The zero-order valence-electron chi connectivity index (χ0n) is 12.5. The minimum absolute atomic E-state index is 0.0280. The smallest absolute Gasteiger partial charge is 0.305 e. The third-order valence-electron chi connectivity index (χ3n) is 3.23. The SMILES string of the molecule is CCCN1CCN(CC(C)(C)C)C(CC(=O)O)C1=O. The summed E-state index contributed by atoms with van der Waals surface area (Å²) in [5, 5.41) is 9.02. The molecule has 1 aliphatic heterocycles. The Morgan fingerprint density at radius 3 is 2.47 bits per heavy atom. The summed E-state index contributed by atoms with van der Waals surface area (Å²) >= 11 is 0. The average molecular weight is 270 g/mol. The van der Waals surface area contributed by atoms with Crippen molar-refractivity contribution in [3.8, 4) is 0 Å². The molecule has 0 bridgehead atoms. The Morgan fingerprint density at radius 1 is 1.37 bits per heavy atom. The largest absolute Gasteiger partial charge is 0.481 e. The highest BCUT2D eigenvalue weighted by Crippen LogP contribution is 2.22. The standard InChI is InChI=1S/C14H26N2O3/c1-5-6-15-7-8-16(10-14(2,3)4)11(13(15)19)9-12(17)18/h11H,5-10H2,1-4H3,(H,17,18). The molecule has 5 heteroatoms. The van der Waals surface area contributed by atoms with Crippen LogP contribution in [0.15, 0.2) is 0 Å². The van der Waals surface area contributed by atoms with Crippen molar-refractivity contribution in [2.75, 3.05) is 26.2 Å². The predicted octanol–water partition coefficient (Wildman–Crippen LogP) is 1.43. The van der Waals surface area contributed by atoms with Gasteiger partial charge in [-0.15, -0.1) is 0 Å². The Hall–Kier alpha value is -1.10. The number of carbonyl (C=O) groups excluding carboxylic acids is 1. The van der Waals surface area contributed by atoms with Gasteiger partial charge in [-0.05, 0) is 11.8 Å². The first-order valence-corrected chi connectivity index (χ1v) is 6.99. The van der Waals surface area contributed by atoms with Crippen molar-refractivity contribution in [2.45, 2.75) is 46.6 Å². The zero-order valence-corrected chi connectivity index (χ0v) is 12.5. The summed E-state index contributed by atoms with van der Waals surface area (Å²) in [6.07, 6.45) is 0.805. The molecule has 110 valence electrons. The van der Waals surface area contributed by atoms with E-state index in [-0.39, 0.29) is 17.7 Å². The highest BCUT2D eigenvalue weighted by Gasteiger charge is 2.37. The minimum atomic E-state index is -0.907. The maximum atomic E-state index is 12.4. The Balaban J connectivity index is 2.81. The van der Waals surface area contributed by atoms with Crippen molar-refractivity contribution in [2.24, 2.45) is 5.41 Å². The Morgan fingerprint density at radius 2 is 2.00 bits per heavy atom. The molecule has 1 fully saturated rings. The summed E-state index contributed by atoms with van der Waals surface area (Å²) in [5.41, 5.74) is 0.0595. The number of nitrogens with zero attached hydrogens (tertiary/aromatic N) is 2. The third-order valence-corrected chi connectivity index (χ3v) is 3.23. The molecule has 1 rings (SSSR count). The summed E-state index contributed by atoms with van der Waals surface area (Å²) in [7, 11) is 0. The predicted molar refractivity (Wildman–Crippen MR) is 73.9 cm³/mol. The van der Waals surface area contributed by atoms with Crippen molar-refractivity contribution in [3.05, 3.63) is 0 Å². The van der Waals surface area contributed by atoms with E-state index in [9.17, 15) is 9.59 Å². The molecule has 0 radical (unpaired) electrons. The van der Waals surface area contributed by atoms with E-state index in [4.69, 9.17) is 5.11 Å². The van der Waals surface area contributed by atoms with Crippen LogP contribution in [0.3, 0.4) is 0 Å². The molecule has 1 saturated heterocycles. The number of hydrogen-bond donors (Lipinski definition) is 1. The first kappa shape index (κ1) is 16.0. The second kappa shape index (κ2) is 6.37. The molecule has 19 heavy (non-hydrogen) atoms. The van der Waals surface area contributed by atoms with Gasteiger partial charge in [-0.1, -0.05) is 27.7 Å². The summed E-state index contributed by atoms with van der Waals surface area (Å²) < 4.78 is 0. The fourth-order valence-electron chi connectivity index (χ4n) is 2.55. The normalized spacial score (nSPS) is 21.8. The second-order valence-electron chi connectivity index (χ2n) is 6.47. The number of carbonyl (C=O) groups is 2. The molecular weight excluding hydrogens is 244 g/mol. The van der Waals surface area contributed by atoms with Gasteiger partial charge >= 0.3 is 5.97 Å². The monoisotopic (exact) mass is 270 g/mol. The van der Waals surface area contributed by atoms with E-state index in [0.717, 1.165) is 26.1 Å². The van der Waals surface area contributed by atoms with Crippen LogP contribution in [-0.2, 0) is 9.59 Å². The number of aliphatic carboxylic acids is 1. The van der Waals surface area contributed by atoms with Gasteiger partial charge in [0.1, 0.15) is 0 Å². The molecule has 0 spiro atoms. The summed E-state index contributed by atoms with van der Waals surface area (Å²) in [5.74, 6) is -0.935. The summed E-state index contributed by atoms with van der Waals surface area (Å²) in [4.78, 5) is 27.2. The zero-order chi connectivity index (χ0) is 14.6. The molecule has 1 unspecified atom stereocenters. The fraction of sp³-hybridized carbons (Fsp3) is 0.857. The van der Waals surface area contributed by atoms with Gasteiger partial charge in [-0.25, -0.2) is 0 Å². The molecule has 0 aromatic carbocycles. The Kier molecular flexibility index (Phi) is 5.35. The first-order chi connectivity index (χ1) is 8.74. The molecule has 1 amide bonds. The van der Waals surface area contributed by atoms with Crippen molar-refractivity contribution in [3.63, 3.8) is 0 Å². The van der Waals surface area contributed by atoms with E-state index >= 15 is 0 Å². The van der Waals surface area contributed by atoms with Gasteiger partial charge in [0.05, 0.1) is 12.5 Å². The molecule has 1 atom stereocenters. The molecule has 1 heterocycles. The van der Waals surface area contributed by atoms with E-state index in [2.05, 4.69) is 20.8 Å². The van der Waals surface area contributed by atoms with Gasteiger partial charge in [0, 0.05) is 26.2 Å². The van der Waals surface area contributed by atoms with Gasteiger partial charge in [0.15, 0.2) is 0 Å². The Bertz CT molecular complexity index is 336. The number of amides is 1. The molecule has 1 N–H and O–H groups in total. The van der Waals surface area contributed by atoms with Crippen LogP contribution in [0.2, 0.25) is 0 Å². The maximum Gasteiger partial charge on any atom is 0.305 e. The number of piperazine rings is 1. The van der Waals surface area contributed by atoms with E-state index in [1.54, 1.807) is 4.90 Å². The highest BCUT2D eigenvalue weighted by molar-refractivity contribution is 5.86.